The van der Waals surface area contributed by atoms with Gasteiger partial charge in [0.1, 0.15) is 0 Å². The molecule has 0 amide bonds. The molecule has 1 fully saturated rings. The number of rotatable bonds is 3. The fraction of sp³-hybridized carbons (Fsp3) is 0.917. The van der Waals surface area contributed by atoms with Gasteiger partial charge in [0.25, 0.3) is 0 Å². The summed E-state index contributed by atoms with van der Waals surface area (Å²) in [6.45, 7) is 7.19. The van der Waals surface area contributed by atoms with E-state index >= 15 is 0 Å². The van der Waals surface area contributed by atoms with Gasteiger partial charge in [0.05, 0.1) is 6.42 Å². The molecule has 1 saturated carbocycles. The molecule has 3 heteroatoms. The van der Waals surface area contributed by atoms with Crippen molar-refractivity contribution in [2.75, 3.05) is 6.54 Å². The summed E-state index contributed by atoms with van der Waals surface area (Å²) in [4.78, 5) is 10.8. The summed E-state index contributed by atoms with van der Waals surface area (Å²) in [7, 11) is 0. The molecule has 0 saturated heterocycles. The van der Waals surface area contributed by atoms with Crippen LogP contribution in [-0.4, -0.2) is 17.6 Å². The Labute approximate surface area is 92.0 Å². The van der Waals surface area contributed by atoms with Crippen LogP contribution in [-0.2, 0) is 4.79 Å². The number of carboxylic acid groups (broad SMARTS) is 1. The zero-order valence-corrected chi connectivity index (χ0v) is 10.0. The Morgan fingerprint density at radius 2 is 2.13 bits per heavy atom. The van der Waals surface area contributed by atoms with E-state index in [1.807, 2.05) is 0 Å². The predicted molar refractivity (Wildman–Crippen MR) is 60.5 cm³/mol. The van der Waals surface area contributed by atoms with Crippen molar-refractivity contribution in [3.63, 3.8) is 0 Å². The number of hydrogen-bond donors (Lipinski definition) is 2. The molecular formula is C12H23NO2. The standard InChI is InChI=1S/C12H23NO2/c1-11(2,3)9-4-5-12(6-9,8-13)7-10(14)15/h9H,4-8,13H2,1-3H3,(H,14,15)/t9?,12-/m0/s1. The topological polar surface area (TPSA) is 63.3 Å². The van der Waals surface area contributed by atoms with E-state index < -0.39 is 5.97 Å². The average Bonchev–Trinajstić information content (AvgIpc) is 2.47. The Morgan fingerprint density at radius 3 is 2.47 bits per heavy atom. The zero-order chi connectivity index (χ0) is 11.7. The molecule has 0 spiro atoms. The number of aliphatic carboxylic acids is 1. The summed E-state index contributed by atoms with van der Waals surface area (Å²) in [6, 6.07) is 0. The molecule has 15 heavy (non-hydrogen) atoms. The molecule has 0 aromatic heterocycles. The van der Waals surface area contributed by atoms with Crippen molar-refractivity contribution in [3.8, 4) is 0 Å². The summed E-state index contributed by atoms with van der Waals surface area (Å²) in [5.41, 5.74) is 5.90. The van der Waals surface area contributed by atoms with Crippen LogP contribution in [0.4, 0.5) is 0 Å². The van der Waals surface area contributed by atoms with Crippen LogP contribution in [0.15, 0.2) is 0 Å². The van der Waals surface area contributed by atoms with Gasteiger partial charge in [-0.05, 0) is 42.6 Å². The fourth-order valence-electron chi connectivity index (χ4n) is 2.69. The highest BCUT2D eigenvalue weighted by atomic mass is 16.4. The summed E-state index contributed by atoms with van der Waals surface area (Å²) < 4.78 is 0. The highest BCUT2D eigenvalue weighted by Gasteiger charge is 2.43. The van der Waals surface area contributed by atoms with Gasteiger partial charge in [0, 0.05) is 0 Å². The van der Waals surface area contributed by atoms with E-state index in [0.717, 1.165) is 19.3 Å². The van der Waals surface area contributed by atoms with Crippen molar-refractivity contribution in [2.45, 2.75) is 46.5 Å². The molecule has 1 aliphatic carbocycles. The smallest absolute Gasteiger partial charge is 0.303 e. The molecule has 1 aliphatic rings. The second-order valence-electron chi connectivity index (χ2n) is 6.08. The third-order valence-electron chi connectivity index (χ3n) is 3.89. The third kappa shape index (κ3) is 2.94. The van der Waals surface area contributed by atoms with E-state index in [0.29, 0.717) is 12.5 Å². The van der Waals surface area contributed by atoms with Crippen molar-refractivity contribution in [3.05, 3.63) is 0 Å². The lowest BCUT2D eigenvalue weighted by Gasteiger charge is -2.30. The van der Waals surface area contributed by atoms with Crippen LogP contribution in [0.3, 0.4) is 0 Å². The van der Waals surface area contributed by atoms with E-state index in [1.165, 1.54) is 0 Å². The molecule has 0 heterocycles. The molecule has 0 radical (unpaired) electrons. The Balaban J connectivity index is 2.69. The van der Waals surface area contributed by atoms with E-state index in [9.17, 15) is 4.79 Å². The molecule has 3 N–H and O–H groups in total. The summed E-state index contributed by atoms with van der Waals surface area (Å²) in [5, 5.41) is 8.90. The number of carbonyl (C=O) groups is 1. The van der Waals surface area contributed by atoms with Crippen LogP contribution in [0.25, 0.3) is 0 Å². The van der Waals surface area contributed by atoms with Crippen LogP contribution in [0, 0.1) is 16.7 Å². The summed E-state index contributed by atoms with van der Waals surface area (Å²) >= 11 is 0. The quantitative estimate of drug-likeness (QED) is 0.755. The Hall–Kier alpha value is -0.570. The fourth-order valence-corrected chi connectivity index (χ4v) is 2.69. The van der Waals surface area contributed by atoms with Gasteiger partial charge in [0.15, 0.2) is 0 Å². The van der Waals surface area contributed by atoms with Crippen molar-refractivity contribution < 1.29 is 9.90 Å². The normalized spacial score (nSPS) is 31.9. The first-order valence-electron chi connectivity index (χ1n) is 5.71. The lowest BCUT2D eigenvalue weighted by Crippen LogP contribution is -2.31. The summed E-state index contributed by atoms with van der Waals surface area (Å²) in [5.74, 6) is -0.101. The van der Waals surface area contributed by atoms with E-state index in [-0.39, 0.29) is 17.3 Å². The van der Waals surface area contributed by atoms with Gasteiger partial charge < -0.3 is 10.8 Å². The van der Waals surface area contributed by atoms with Gasteiger partial charge in [0.2, 0.25) is 0 Å². The SMILES string of the molecule is CC(C)(C)C1CC[C@@](CN)(CC(=O)O)C1. The maximum atomic E-state index is 10.8. The van der Waals surface area contributed by atoms with Gasteiger partial charge >= 0.3 is 5.97 Å². The lowest BCUT2D eigenvalue weighted by molar-refractivity contribution is -0.139. The largest absolute Gasteiger partial charge is 0.481 e. The predicted octanol–water partition coefficient (Wildman–Crippen LogP) is 2.25. The van der Waals surface area contributed by atoms with Crippen LogP contribution < -0.4 is 5.73 Å². The van der Waals surface area contributed by atoms with Gasteiger partial charge in [-0.1, -0.05) is 20.8 Å². The maximum Gasteiger partial charge on any atom is 0.303 e. The molecule has 1 rings (SSSR count). The van der Waals surface area contributed by atoms with Gasteiger partial charge in [-0.2, -0.15) is 0 Å². The molecule has 2 atom stereocenters. The highest BCUT2D eigenvalue weighted by molar-refractivity contribution is 5.67. The van der Waals surface area contributed by atoms with Crippen molar-refractivity contribution in [2.24, 2.45) is 22.5 Å². The number of hydrogen-bond acceptors (Lipinski definition) is 2. The minimum absolute atomic E-state index is 0.135. The molecular weight excluding hydrogens is 190 g/mol. The number of nitrogens with two attached hydrogens (primary N) is 1. The molecule has 0 bridgehead atoms. The van der Waals surface area contributed by atoms with E-state index in [4.69, 9.17) is 10.8 Å². The first kappa shape index (κ1) is 12.5. The van der Waals surface area contributed by atoms with Gasteiger partial charge in [-0.3, -0.25) is 4.79 Å². The molecule has 0 aliphatic heterocycles. The van der Waals surface area contributed by atoms with Crippen LogP contribution >= 0.6 is 0 Å². The van der Waals surface area contributed by atoms with Gasteiger partial charge in [-0.15, -0.1) is 0 Å². The molecule has 3 nitrogen and oxygen atoms in total. The highest BCUT2D eigenvalue weighted by Crippen LogP contribution is 2.49. The summed E-state index contributed by atoms with van der Waals surface area (Å²) in [6.07, 6.45) is 3.29. The van der Waals surface area contributed by atoms with E-state index in [2.05, 4.69) is 20.8 Å². The Kier molecular flexibility index (Phi) is 3.44. The van der Waals surface area contributed by atoms with Crippen molar-refractivity contribution in [1.82, 2.24) is 0 Å². The third-order valence-corrected chi connectivity index (χ3v) is 3.89. The first-order valence-corrected chi connectivity index (χ1v) is 5.71. The molecule has 0 aromatic rings. The zero-order valence-electron chi connectivity index (χ0n) is 10.0. The first-order chi connectivity index (χ1) is 6.79. The van der Waals surface area contributed by atoms with Crippen molar-refractivity contribution >= 4 is 5.97 Å². The van der Waals surface area contributed by atoms with Gasteiger partial charge in [-0.25, -0.2) is 0 Å². The lowest BCUT2D eigenvalue weighted by atomic mass is 9.75. The minimum Gasteiger partial charge on any atom is -0.481 e. The molecule has 88 valence electrons. The van der Waals surface area contributed by atoms with E-state index in [1.54, 1.807) is 0 Å². The maximum absolute atomic E-state index is 10.8. The van der Waals surface area contributed by atoms with Crippen LogP contribution in [0.5, 0.6) is 0 Å². The Bertz CT molecular complexity index is 244. The number of carboxylic acids is 1. The minimum atomic E-state index is -0.713. The van der Waals surface area contributed by atoms with Crippen LogP contribution in [0.1, 0.15) is 46.5 Å². The monoisotopic (exact) mass is 213 g/mol. The average molecular weight is 213 g/mol. The van der Waals surface area contributed by atoms with Crippen LogP contribution in [0.2, 0.25) is 0 Å². The molecule has 1 unspecified atom stereocenters. The van der Waals surface area contributed by atoms with Crippen molar-refractivity contribution in [1.29, 1.82) is 0 Å². The molecule has 0 aromatic carbocycles. The Morgan fingerprint density at radius 1 is 1.53 bits per heavy atom. The second-order valence-corrected chi connectivity index (χ2v) is 6.08. The second kappa shape index (κ2) is 4.12.